The van der Waals surface area contributed by atoms with E-state index in [2.05, 4.69) is 13.2 Å². The number of benzene rings is 5. The number of hydrogen-bond acceptors (Lipinski definition) is 11. The molecule has 0 unspecified atom stereocenters. The molecule has 0 aliphatic rings. The molecule has 0 radical (unpaired) electrons. The third kappa shape index (κ3) is 10.4. The van der Waals surface area contributed by atoms with Crippen LogP contribution in [-0.4, -0.2) is 56.1 Å². The van der Waals surface area contributed by atoms with Crippen LogP contribution in [-0.2, 0) is 19.1 Å². The van der Waals surface area contributed by atoms with Crippen LogP contribution in [0.1, 0.15) is 57.3 Å². The number of ether oxygens (including phenoxy) is 6. The first-order valence-electron chi connectivity index (χ1n) is 17.2. The predicted molar refractivity (Wildman–Crippen MR) is 201 cm³/mol. The van der Waals surface area contributed by atoms with E-state index in [0.29, 0.717) is 43.1 Å². The first-order chi connectivity index (χ1) is 26.2. The first kappa shape index (κ1) is 38.5. The van der Waals surface area contributed by atoms with Gasteiger partial charge in [-0.1, -0.05) is 44.3 Å². The van der Waals surface area contributed by atoms with Crippen LogP contribution in [0.3, 0.4) is 0 Å². The van der Waals surface area contributed by atoms with Gasteiger partial charge in [-0.2, -0.15) is 0 Å². The zero-order chi connectivity index (χ0) is 38.5. The van der Waals surface area contributed by atoms with Crippen molar-refractivity contribution in [1.82, 2.24) is 0 Å². The Morgan fingerprint density at radius 1 is 0.537 bits per heavy atom. The van der Waals surface area contributed by atoms with Gasteiger partial charge >= 0.3 is 23.9 Å². The van der Waals surface area contributed by atoms with Crippen molar-refractivity contribution in [3.63, 3.8) is 0 Å². The molecule has 0 heterocycles. The minimum atomic E-state index is -0.667. The third-order valence-electron chi connectivity index (χ3n) is 8.02. The van der Waals surface area contributed by atoms with E-state index in [1.165, 1.54) is 18.2 Å². The molecule has 0 fully saturated rings. The second-order valence-corrected chi connectivity index (χ2v) is 11.8. The monoisotopic (exact) mass is 730 g/mol. The number of Topliss-reactive ketones (excluding diaryl/α,β-unsaturated/α-hetero) is 1. The number of carbonyl (C=O) groups is 5. The number of carbonyl (C=O) groups excluding carboxylic acids is 5. The Bertz CT molecular complexity index is 2220. The summed E-state index contributed by atoms with van der Waals surface area (Å²) < 4.78 is 32.7. The van der Waals surface area contributed by atoms with Crippen molar-refractivity contribution < 1.29 is 52.4 Å². The van der Waals surface area contributed by atoms with Crippen LogP contribution < -0.4 is 18.9 Å². The standard InChI is InChI=1S/C43H38O11/c1-4-38(44)37-27-36(53-42(47)32-11-9-30-25-34(15-13-28(30)23-32)49-19-7-21-51-40(45)5-2)17-18-39(37)54-43(48)33-12-10-31-26-35(16-14-29(31)24-33)50-20-8-22-52-41(46)6-3/h5-6,9-18,23-27H,2-4,7-8,19-22H2,1H3. The molecule has 5 aromatic carbocycles. The molecule has 0 saturated carbocycles. The topological polar surface area (TPSA) is 141 Å². The Labute approximate surface area is 311 Å². The first-order valence-corrected chi connectivity index (χ1v) is 17.2. The summed E-state index contributed by atoms with van der Waals surface area (Å²) in [6, 6.07) is 25.3. The number of rotatable bonds is 18. The SMILES string of the molecule is C=CC(=O)OCCCOc1ccc2cc(C(=O)Oc3ccc(OC(=O)c4ccc5cc(OCCCOC(=O)C=C)ccc5c4)c(C(=O)CC)c3)ccc2c1. The second kappa shape index (κ2) is 18.7. The summed E-state index contributed by atoms with van der Waals surface area (Å²) in [6.45, 7) is 9.52. The molecule has 11 heteroatoms. The van der Waals surface area contributed by atoms with E-state index in [9.17, 15) is 24.0 Å². The molecule has 276 valence electrons. The molecular weight excluding hydrogens is 692 g/mol. The summed E-state index contributed by atoms with van der Waals surface area (Å²) in [4.78, 5) is 61.6. The van der Waals surface area contributed by atoms with Crippen LogP contribution >= 0.6 is 0 Å². The maximum Gasteiger partial charge on any atom is 0.343 e. The van der Waals surface area contributed by atoms with Crippen LogP contribution in [0.15, 0.2) is 116 Å². The minimum Gasteiger partial charge on any atom is -0.493 e. The van der Waals surface area contributed by atoms with E-state index < -0.39 is 23.9 Å². The maximum atomic E-state index is 13.2. The Kier molecular flexibility index (Phi) is 13.3. The molecular formula is C43H38O11. The fourth-order valence-electron chi connectivity index (χ4n) is 5.24. The van der Waals surface area contributed by atoms with Crippen LogP contribution in [0, 0.1) is 0 Å². The summed E-state index contributed by atoms with van der Waals surface area (Å²) in [6.07, 6.45) is 3.37. The molecule has 0 N–H and O–H groups in total. The van der Waals surface area contributed by atoms with Gasteiger partial charge in [0.15, 0.2) is 5.78 Å². The molecule has 0 aliphatic carbocycles. The molecule has 0 bridgehead atoms. The van der Waals surface area contributed by atoms with Crippen LogP contribution in [0.25, 0.3) is 21.5 Å². The van der Waals surface area contributed by atoms with Gasteiger partial charge in [0.1, 0.15) is 23.0 Å². The predicted octanol–water partition coefficient (Wildman–Crippen LogP) is 8.02. The van der Waals surface area contributed by atoms with Gasteiger partial charge < -0.3 is 28.4 Å². The Balaban J connectivity index is 1.20. The third-order valence-corrected chi connectivity index (χ3v) is 8.02. The maximum absolute atomic E-state index is 13.2. The lowest BCUT2D eigenvalue weighted by molar-refractivity contribution is -0.138. The Morgan fingerprint density at radius 2 is 1.00 bits per heavy atom. The van der Waals surface area contributed by atoms with Crippen molar-refractivity contribution >= 4 is 51.2 Å². The van der Waals surface area contributed by atoms with Crippen molar-refractivity contribution in [3.05, 3.63) is 133 Å². The number of ketones is 1. The van der Waals surface area contributed by atoms with Crippen LogP contribution in [0.2, 0.25) is 0 Å². The highest BCUT2D eigenvalue weighted by molar-refractivity contribution is 6.02. The zero-order valence-electron chi connectivity index (χ0n) is 29.7. The zero-order valence-corrected chi connectivity index (χ0v) is 29.7. The fourth-order valence-corrected chi connectivity index (χ4v) is 5.24. The van der Waals surface area contributed by atoms with Gasteiger partial charge in [-0.25, -0.2) is 19.2 Å². The lowest BCUT2D eigenvalue weighted by atomic mass is 10.1. The van der Waals surface area contributed by atoms with Crippen molar-refractivity contribution in [2.75, 3.05) is 26.4 Å². The average Bonchev–Trinajstić information content (AvgIpc) is 3.19. The molecule has 0 atom stereocenters. The smallest absolute Gasteiger partial charge is 0.343 e. The Hall–Kier alpha value is -6.75. The van der Waals surface area contributed by atoms with Crippen molar-refractivity contribution in [2.24, 2.45) is 0 Å². The second-order valence-electron chi connectivity index (χ2n) is 11.8. The van der Waals surface area contributed by atoms with E-state index >= 15 is 0 Å². The van der Waals surface area contributed by atoms with Gasteiger partial charge in [0.25, 0.3) is 0 Å². The summed E-state index contributed by atoms with van der Waals surface area (Å²) >= 11 is 0. The highest BCUT2D eigenvalue weighted by Crippen LogP contribution is 2.29. The molecule has 54 heavy (non-hydrogen) atoms. The molecule has 0 aliphatic heterocycles. The Morgan fingerprint density at radius 3 is 1.50 bits per heavy atom. The van der Waals surface area contributed by atoms with Gasteiger partial charge in [-0.3, -0.25) is 4.79 Å². The van der Waals surface area contributed by atoms with Gasteiger partial charge in [0.2, 0.25) is 0 Å². The highest BCUT2D eigenvalue weighted by atomic mass is 16.5. The van der Waals surface area contributed by atoms with Crippen LogP contribution in [0.4, 0.5) is 0 Å². The van der Waals surface area contributed by atoms with E-state index in [-0.39, 0.29) is 48.0 Å². The van der Waals surface area contributed by atoms with Crippen LogP contribution in [0.5, 0.6) is 23.0 Å². The number of hydrogen-bond donors (Lipinski definition) is 0. The largest absolute Gasteiger partial charge is 0.493 e. The van der Waals surface area contributed by atoms with Crippen molar-refractivity contribution in [3.8, 4) is 23.0 Å². The summed E-state index contributed by atoms with van der Waals surface area (Å²) in [5.41, 5.74) is 0.663. The number of fused-ring (bicyclic) bond motifs is 2. The van der Waals surface area contributed by atoms with Crippen molar-refractivity contribution in [2.45, 2.75) is 26.2 Å². The molecule has 5 aromatic rings. The van der Waals surface area contributed by atoms with Crippen molar-refractivity contribution in [1.29, 1.82) is 0 Å². The molecule has 0 amide bonds. The van der Waals surface area contributed by atoms with E-state index in [1.54, 1.807) is 55.5 Å². The summed E-state index contributed by atoms with van der Waals surface area (Å²) in [5, 5.41) is 3.22. The quantitative estimate of drug-likeness (QED) is 0.0285. The lowest BCUT2D eigenvalue weighted by Crippen LogP contribution is -2.13. The van der Waals surface area contributed by atoms with Gasteiger partial charge in [-0.05, 0) is 88.3 Å². The molecule has 11 nitrogen and oxygen atoms in total. The van der Waals surface area contributed by atoms with Gasteiger partial charge in [-0.15, -0.1) is 0 Å². The minimum absolute atomic E-state index is 0.0378. The lowest BCUT2D eigenvalue weighted by Gasteiger charge is -2.12. The summed E-state index contributed by atoms with van der Waals surface area (Å²) in [7, 11) is 0. The van der Waals surface area contributed by atoms with E-state index in [4.69, 9.17) is 28.4 Å². The number of esters is 4. The van der Waals surface area contributed by atoms with Gasteiger partial charge in [0, 0.05) is 31.4 Å². The van der Waals surface area contributed by atoms with E-state index in [0.717, 1.165) is 33.7 Å². The molecule has 0 aromatic heterocycles. The normalized spacial score (nSPS) is 10.6. The van der Waals surface area contributed by atoms with Gasteiger partial charge in [0.05, 0.1) is 43.1 Å². The average molecular weight is 731 g/mol. The molecule has 0 saturated heterocycles. The fraction of sp³-hybridized carbons (Fsp3) is 0.186. The van der Waals surface area contributed by atoms with E-state index in [1.807, 2.05) is 24.3 Å². The molecule has 5 rings (SSSR count). The summed E-state index contributed by atoms with van der Waals surface area (Å²) in [5.74, 6) is -1.17. The molecule has 0 spiro atoms. The highest BCUT2D eigenvalue weighted by Gasteiger charge is 2.19.